The van der Waals surface area contributed by atoms with Crippen LogP contribution in [0.4, 0.5) is 5.69 Å². The Labute approximate surface area is 167 Å². The van der Waals surface area contributed by atoms with Crippen LogP contribution in [0.5, 0.6) is 11.5 Å². The van der Waals surface area contributed by atoms with Crippen molar-refractivity contribution in [2.45, 2.75) is 12.8 Å². The van der Waals surface area contributed by atoms with Crippen LogP contribution in [0, 0.1) is 5.92 Å². The maximum absolute atomic E-state index is 12.2. The van der Waals surface area contributed by atoms with Crippen LogP contribution < -0.4 is 25.4 Å². The Hall–Kier alpha value is -3.55. The summed E-state index contributed by atoms with van der Waals surface area (Å²) in [6.45, 7) is 0.726. The first-order chi connectivity index (χ1) is 14.1. The number of hydrogen-bond donors (Lipinski definition) is 3. The molecule has 4 rings (SSSR count). The van der Waals surface area contributed by atoms with Gasteiger partial charge in [0.1, 0.15) is 0 Å². The Morgan fingerprint density at radius 3 is 2.14 bits per heavy atom. The van der Waals surface area contributed by atoms with E-state index < -0.39 is 0 Å². The molecule has 2 aliphatic rings. The van der Waals surface area contributed by atoms with E-state index in [1.807, 2.05) is 0 Å². The van der Waals surface area contributed by atoms with Gasteiger partial charge >= 0.3 is 0 Å². The third-order valence-electron chi connectivity index (χ3n) is 4.69. The zero-order chi connectivity index (χ0) is 20.2. The van der Waals surface area contributed by atoms with E-state index in [0.717, 1.165) is 12.8 Å². The van der Waals surface area contributed by atoms with Crippen molar-refractivity contribution >= 4 is 23.4 Å². The largest absolute Gasteiger partial charge is 0.454 e. The quantitative estimate of drug-likeness (QED) is 0.621. The number of carbonyl (C=O) groups is 3. The molecule has 0 bridgehead atoms. The van der Waals surface area contributed by atoms with Crippen molar-refractivity contribution in [1.29, 1.82) is 0 Å². The molecule has 0 aromatic heterocycles. The van der Waals surface area contributed by atoms with Crippen LogP contribution in [-0.2, 0) is 4.79 Å². The molecule has 0 spiro atoms. The van der Waals surface area contributed by atoms with Gasteiger partial charge in [0.15, 0.2) is 11.5 Å². The van der Waals surface area contributed by atoms with Gasteiger partial charge in [0.05, 0.1) is 0 Å². The molecule has 8 nitrogen and oxygen atoms in total. The minimum Gasteiger partial charge on any atom is -0.454 e. The van der Waals surface area contributed by atoms with Crippen molar-refractivity contribution in [3.8, 4) is 11.5 Å². The molecule has 2 aromatic rings. The van der Waals surface area contributed by atoms with Gasteiger partial charge in [-0.1, -0.05) is 0 Å². The normalized spacial score (nSPS) is 14.2. The molecule has 0 atom stereocenters. The first-order valence-electron chi connectivity index (χ1n) is 9.47. The minimum atomic E-state index is -0.256. The molecule has 1 heterocycles. The number of hydrogen-bond acceptors (Lipinski definition) is 5. The van der Waals surface area contributed by atoms with Gasteiger partial charge in [0, 0.05) is 35.8 Å². The van der Waals surface area contributed by atoms with Crippen LogP contribution in [0.25, 0.3) is 0 Å². The van der Waals surface area contributed by atoms with Crippen molar-refractivity contribution in [3.05, 3.63) is 53.6 Å². The van der Waals surface area contributed by atoms with Gasteiger partial charge in [-0.3, -0.25) is 14.4 Å². The molecule has 3 N–H and O–H groups in total. The zero-order valence-electron chi connectivity index (χ0n) is 15.7. The molecule has 3 amide bonds. The van der Waals surface area contributed by atoms with Gasteiger partial charge in [-0.05, 0) is 55.3 Å². The van der Waals surface area contributed by atoms with E-state index in [0.29, 0.717) is 28.3 Å². The number of rotatable bonds is 7. The molecule has 29 heavy (non-hydrogen) atoms. The molecule has 150 valence electrons. The van der Waals surface area contributed by atoms with E-state index in [2.05, 4.69) is 16.0 Å². The topological polar surface area (TPSA) is 106 Å². The predicted molar refractivity (Wildman–Crippen MR) is 105 cm³/mol. The molecule has 2 aromatic carbocycles. The monoisotopic (exact) mass is 395 g/mol. The summed E-state index contributed by atoms with van der Waals surface area (Å²) in [5.74, 6) is 0.816. The van der Waals surface area contributed by atoms with Crippen molar-refractivity contribution in [2.24, 2.45) is 5.92 Å². The number of amides is 3. The summed E-state index contributed by atoms with van der Waals surface area (Å²) < 4.78 is 10.5. The second-order valence-electron chi connectivity index (χ2n) is 6.92. The highest BCUT2D eigenvalue weighted by molar-refractivity contribution is 5.97. The lowest BCUT2D eigenvalue weighted by atomic mass is 10.2. The third-order valence-corrected chi connectivity index (χ3v) is 4.69. The number of nitrogens with one attached hydrogen (secondary N) is 3. The summed E-state index contributed by atoms with van der Waals surface area (Å²) in [5.41, 5.74) is 1.62. The van der Waals surface area contributed by atoms with E-state index in [1.54, 1.807) is 42.5 Å². The maximum Gasteiger partial charge on any atom is 0.251 e. The fourth-order valence-electron chi connectivity index (χ4n) is 2.89. The Bertz CT molecular complexity index is 938. The second-order valence-corrected chi connectivity index (χ2v) is 6.92. The lowest BCUT2D eigenvalue weighted by molar-refractivity contribution is -0.117. The van der Waals surface area contributed by atoms with Crippen molar-refractivity contribution in [3.63, 3.8) is 0 Å². The Morgan fingerprint density at radius 2 is 1.45 bits per heavy atom. The first kappa shape index (κ1) is 18.8. The summed E-state index contributed by atoms with van der Waals surface area (Å²) in [7, 11) is 0. The smallest absolute Gasteiger partial charge is 0.251 e. The summed E-state index contributed by atoms with van der Waals surface area (Å²) >= 11 is 0. The SMILES string of the molecule is O=C(NCCNC(=O)c1ccc2c(c1)OCO2)c1ccc(NC(=O)C2CC2)cc1. The number of benzene rings is 2. The summed E-state index contributed by atoms with van der Waals surface area (Å²) in [4.78, 5) is 36.1. The molecule has 1 aliphatic carbocycles. The third kappa shape index (κ3) is 4.66. The molecule has 1 fully saturated rings. The molecule has 1 aliphatic heterocycles. The van der Waals surface area contributed by atoms with Crippen molar-refractivity contribution in [1.82, 2.24) is 10.6 Å². The van der Waals surface area contributed by atoms with Gasteiger partial charge in [-0.25, -0.2) is 0 Å². The van der Waals surface area contributed by atoms with E-state index in [4.69, 9.17) is 9.47 Å². The van der Waals surface area contributed by atoms with Gasteiger partial charge in [0.25, 0.3) is 11.8 Å². The second kappa shape index (κ2) is 8.22. The van der Waals surface area contributed by atoms with Crippen LogP contribution in [0.3, 0.4) is 0 Å². The standard InChI is InChI=1S/C21H21N3O5/c25-19(13-3-6-16(7-4-13)24-21(27)14-1-2-14)22-9-10-23-20(26)15-5-8-17-18(11-15)29-12-28-17/h3-8,11,14H,1-2,9-10,12H2,(H,22,25)(H,23,26)(H,24,27). The average Bonchev–Trinajstić information content (AvgIpc) is 3.49. The first-order valence-corrected chi connectivity index (χ1v) is 9.47. The molecule has 1 saturated carbocycles. The Morgan fingerprint density at radius 1 is 0.828 bits per heavy atom. The van der Waals surface area contributed by atoms with Gasteiger partial charge in [0.2, 0.25) is 12.7 Å². The number of carbonyl (C=O) groups excluding carboxylic acids is 3. The van der Waals surface area contributed by atoms with Crippen molar-refractivity contribution in [2.75, 3.05) is 25.2 Å². The fourth-order valence-corrected chi connectivity index (χ4v) is 2.89. The van der Waals surface area contributed by atoms with Crippen molar-refractivity contribution < 1.29 is 23.9 Å². The van der Waals surface area contributed by atoms with Crippen LogP contribution >= 0.6 is 0 Å². The molecular formula is C21H21N3O5. The lowest BCUT2D eigenvalue weighted by Gasteiger charge is -2.09. The fraction of sp³-hybridized carbons (Fsp3) is 0.286. The molecular weight excluding hydrogens is 374 g/mol. The number of anilines is 1. The molecule has 8 heteroatoms. The van der Waals surface area contributed by atoms with E-state index in [-0.39, 0.29) is 43.5 Å². The van der Waals surface area contributed by atoms with E-state index >= 15 is 0 Å². The minimum absolute atomic E-state index is 0.0282. The predicted octanol–water partition coefficient (Wildman–Crippen LogP) is 1.92. The summed E-state index contributed by atoms with van der Waals surface area (Å²) in [6, 6.07) is 11.7. The van der Waals surface area contributed by atoms with E-state index in [1.165, 1.54) is 0 Å². The van der Waals surface area contributed by atoms with E-state index in [9.17, 15) is 14.4 Å². The maximum atomic E-state index is 12.2. The summed E-state index contributed by atoms with van der Waals surface area (Å²) in [6.07, 6.45) is 1.88. The highest BCUT2D eigenvalue weighted by Gasteiger charge is 2.29. The molecule has 0 saturated heterocycles. The summed E-state index contributed by atoms with van der Waals surface area (Å²) in [5, 5.41) is 8.33. The number of ether oxygens (including phenoxy) is 2. The average molecular weight is 395 g/mol. The Kier molecular flexibility index (Phi) is 5.33. The van der Waals surface area contributed by atoms with Crippen LogP contribution in [0.1, 0.15) is 33.6 Å². The van der Waals surface area contributed by atoms with Crippen LogP contribution in [0.2, 0.25) is 0 Å². The van der Waals surface area contributed by atoms with Crippen LogP contribution in [-0.4, -0.2) is 37.6 Å². The molecule has 0 unspecified atom stereocenters. The highest BCUT2D eigenvalue weighted by Crippen LogP contribution is 2.32. The zero-order valence-corrected chi connectivity index (χ0v) is 15.7. The van der Waals surface area contributed by atoms with Gasteiger partial charge < -0.3 is 25.4 Å². The van der Waals surface area contributed by atoms with Crippen LogP contribution in [0.15, 0.2) is 42.5 Å². The Balaban J connectivity index is 1.20. The van der Waals surface area contributed by atoms with Gasteiger partial charge in [-0.2, -0.15) is 0 Å². The molecule has 0 radical (unpaired) electrons. The lowest BCUT2D eigenvalue weighted by Crippen LogP contribution is -2.34. The number of fused-ring (bicyclic) bond motifs is 1. The highest BCUT2D eigenvalue weighted by atomic mass is 16.7. The van der Waals surface area contributed by atoms with Gasteiger partial charge in [-0.15, -0.1) is 0 Å².